The first kappa shape index (κ1) is 21.6. The van der Waals surface area contributed by atoms with E-state index in [0.717, 1.165) is 5.56 Å². The second kappa shape index (κ2) is 7.94. The summed E-state index contributed by atoms with van der Waals surface area (Å²) >= 11 is 18.3. The molecule has 0 aliphatic carbocycles. The molecule has 2 aliphatic heterocycles. The number of carbonyl (C=O) groups excluding carboxylic acids is 3. The van der Waals surface area contributed by atoms with Crippen molar-refractivity contribution >= 4 is 64.3 Å². The molecule has 3 rings (SSSR count). The maximum atomic E-state index is 12.6. The van der Waals surface area contributed by atoms with Crippen molar-refractivity contribution in [3.63, 3.8) is 0 Å². The standard InChI is InChI=1S/C18H19Cl3N2O4S/c1-17(2)13(16(26)27-9-18(19,20)21)23-14(25)12(15(23)28-17)22-11(24)8-10-6-4-3-5-7-10/h3-7,12-13,15H,8-9H2,1-2H3,(H,22,24)/t12?,13?,15-/m1/s1. The molecule has 0 aromatic heterocycles. The number of thioether (sulfide) groups is 1. The second-order valence-corrected chi connectivity index (χ2v) is 11.5. The van der Waals surface area contributed by atoms with Crippen molar-refractivity contribution in [2.45, 2.75) is 46.3 Å². The van der Waals surface area contributed by atoms with Crippen LogP contribution in [0.25, 0.3) is 0 Å². The topological polar surface area (TPSA) is 75.7 Å². The van der Waals surface area contributed by atoms with Crippen molar-refractivity contribution in [3.8, 4) is 0 Å². The number of fused-ring (bicyclic) bond motifs is 1. The third-order valence-electron chi connectivity index (χ3n) is 4.57. The Bertz CT molecular complexity index is 785. The van der Waals surface area contributed by atoms with Gasteiger partial charge in [-0.2, -0.15) is 0 Å². The van der Waals surface area contributed by atoms with Gasteiger partial charge in [-0.15, -0.1) is 11.8 Å². The van der Waals surface area contributed by atoms with Gasteiger partial charge in [0.1, 0.15) is 24.1 Å². The lowest BCUT2D eigenvalue weighted by atomic mass is 9.96. The van der Waals surface area contributed by atoms with Gasteiger partial charge in [0.15, 0.2) is 0 Å². The number of benzene rings is 1. The molecule has 6 nitrogen and oxygen atoms in total. The smallest absolute Gasteiger partial charge is 0.330 e. The van der Waals surface area contributed by atoms with Crippen molar-refractivity contribution in [2.75, 3.05) is 6.61 Å². The number of ether oxygens (including phenoxy) is 1. The van der Waals surface area contributed by atoms with E-state index in [-0.39, 0.29) is 23.6 Å². The number of hydrogen-bond donors (Lipinski definition) is 1. The van der Waals surface area contributed by atoms with Crippen molar-refractivity contribution in [1.29, 1.82) is 0 Å². The molecular formula is C18H19Cl3N2O4S. The summed E-state index contributed by atoms with van der Waals surface area (Å²) in [6.45, 7) is 3.28. The Morgan fingerprint density at radius 1 is 1.25 bits per heavy atom. The molecule has 2 saturated heterocycles. The van der Waals surface area contributed by atoms with Crippen LogP contribution in [0.4, 0.5) is 0 Å². The summed E-state index contributed by atoms with van der Waals surface area (Å²) in [5.41, 5.74) is 0.858. The molecule has 1 N–H and O–H groups in total. The molecule has 2 heterocycles. The Kier molecular flexibility index (Phi) is 6.11. The van der Waals surface area contributed by atoms with Gasteiger partial charge < -0.3 is 15.0 Å². The van der Waals surface area contributed by atoms with Gasteiger partial charge in [-0.3, -0.25) is 9.59 Å². The predicted octanol–water partition coefficient (Wildman–Crippen LogP) is 2.69. The van der Waals surface area contributed by atoms with Crippen LogP contribution in [-0.4, -0.2) is 55.3 Å². The minimum absolute atomic E-state index is 0.181. The third-order valence-corrected chi connectivity index (χ3v) is 6.47. The first-order chi connectivity index (χ1) is 13.0. The molecule has 152 valence electrons. The van der Waals surface area contributed by atoms with Gasteiger partial charge in [0.25, 0.3) is 0 Å². The van der Waals surface area contributed by atoms with Gasteiger partial charge in [0.2, 0.25) is 15.6 Å². The highest BCUT2D eigenvalue weighted by atomic mass is 35.6. The van der Waals surface area contributed by atoms with Crippen LogP contribution in [0.2, 0.25) is 0 Å². The molecule has 3 atom stereocenters. The maximum absolute atomic E-state index is 12.6. The highest BCUT2D eigenvalue weighted by molar-refractivity contribution is 8.01. The van der Waals surface area contributed by atoms with Crippen LogP contribution in [0.5, 0.6) is 0 Å². The average Bonchev–Trinajstić information content (AvgIpc) is 2.86. The predicted molar refractivity (Wildman–Crippen MR) is 109 cm³/mol. The highest BCUT2D eigenvalue weighted by Crippen LogP contribution is 2.51. The van der Waals surface area contributed by atoms with Crippen LogP contribution in [0.15, 0.2) is 30.3 Å². The van der Waals surface area contributed by atoms with E-state index in [2.05, 4.69) is 5.32 Å². The average molecular weight is 466 g/mol. The number of alkyl halides is 3. The van der Waals surface area contributed by atoms with Crippen LogP contribution >= 0.6 is 46.6 Å². The number of carbonyl (C=O) groups is 3. The summed E-state index contributed by atoms with van der Waals surface area (Å²) in [4.78, 5) is 38.9. The van der Waals surface area contributed by atoms with Crippen LogP contribution in [0, 0.1) is 0 Å². The number of esters is 1. The Morgan fingerprint density at radius 3 is 2.50 bits per heavy atom. The number of rotatable bonds is 5. The second-order valence-electron chi connectivity index (χ2n) is 7.19. The fourth-order valence-corrected chi connectivity index (χ4v) is 5.15. The zero-order chi connectivity index (χ0) is 20.7. The Balaban J connectivity index is 1.64. The summed E-state index contributed by atoms with van der Waals surface area (Å²) in [6.07, 6.45) is 0.181. The Labute approximate surface area is 182 Å². The zero-order valence-electron chi connectivity index (χ0n) is 15.2. The molecule has 0 bridgehead atoms. The summed E-state index contributed by atoms with van der Waals surface area (Å²) in [7, 11) is 0. The molecule has 2 aliphatic rings. The van der Waals surface area contributed by atoms with Crippen LogP contribution in [-0.2, 0) is 25.5 Å². The first-order valence-corrected chi connectivity index (χ1v) is 10.6. The molecule has 0 spiro atoms. The zero-order valence-corrected chi connectivity index (χ0v) is 18.2. The van der Waals surface area contributed by atoms with Crippen LogP contribution in [0.1, 0.15) is 19.4 Å². The molecule has 1 aromatic carbocycles. The summed E-state index contributed by atoms with van der Waals surface area (Å²) in [5.74, 6) is -1.20. The number of hydrogen-bond acceptors (Lipinski definition) is 5. The van der Waals surface area contributed by atoms with Crippen LogP contribution in [0.3, 0.4) is 0 Å². The first-order valence-electron chi connectivity index (χ1n) is 8.56. The van der Waals surface area contributed by atoms with E-state index in [0.29, 0.717) is 0 Å². The van der Waals surface area contributed by atoms with E-state index < -0.39 is 33.2 Å². The lowest BCUT2D eigenvalue weighted by molar-refractivity contribution is -0.164. The van der Waals surface area contributed by atoms with Gasteiger partial charge in [0, 0.05) is 4.75 Å². The summed E-state index contributed by atoms with van der Waals surface area (Å²) in [6, 6.07) is 7.77. The fraction of sp³-hybridized carbons (Fsp3) is 0.500. The molecular weight excluding hydrogens is 447 g/mol. The molecule has 10 heteroatoms. The number of β-lactam (4-membered cyclic amide) rings is 1. The number of amides is 2. The van der Waals surface area contributed by atoms with Crippen molar-refractivity contribution < 1.29 is 19.1 Å². The van der Waals surface area contributed by atoms with E-state index in [4.69, 9.17) is 39.5 Å². The number of nitrogens with zero attached hydrogens (tertiary/aromatic N) is 1. The summed E-state index contributed by atoms with van der Waals surface area (Å²) in [5, 5.41) is 2.43. The van der Waals surface area contributed by atoms with Gasteiger partial charge in [-0.1, -0.05) is 65.1 Å². The van der Waals surface area contributed by atoms with E-state index >= 15 is 0 Å². The van der Waals surface area contributed by atoms with Crippen molar-refractivity contribution in [3.05, 3.63) is 35.9 Å². The summed E-state index contributed by atoms with van der Waals surface area (Å²) < 4.78 is 2.76. The molecule has 0 saturated carbocycles. The number of nitrogens with one attached hydrogen (secondary N) is 1. The van der Waals surface area contributed by atoms with E-state index in [1.54, 1.807) is 0 Å². The highest BCUT2D eigenvalue weighted by Gasteiger charge is 2.64. The largest absolute Gasteiger partial charge is 0.460 e. The van der Waals surface area contributed by atoms with Crippen molar-refractivity contribution in [1.82, 2.24) is 10.2 Å². The minimum atomic E-state index is -1.72. The fourth-order valence-electron chi connectivity index (χ4n) is 3.36. The molecule has 2 amide bonds. The molecule has 2 unspecified atom stereocenters. The Hall–Kier alpha value is -1.15. The lowest BCUT2D eigenvalue weighted by Gasteiger charge is -2.44. The van der Waals surface area contributed by atoms with Crippen molar-refractivity contribution in [2.24, 2.45) is 0 Å². The van der Waals surface area contributed by atoms with Gasteiger partial charge >= 0.3 is 5.97 Å². The monoisotopic (exact) mass is 464 g/mol. The number of halogens is 3. The molecule has 0 radical (unpaired) electrons. The van der Waals surface area contributed by atoms with Gasteiger partial charge in [-0.25, -0.2) is 4.79 Å². The molecule has 2 fully saturated rings. The SMILES string of the molecule is CC1(C)S[C@@H]2C(NC(=O)Cc3ccccc3)C(=O)N2C1C(=O)OCC(Cl)(Cl)Cl. The Morgan fingerprint density at radius 2 is 1.89 bits per heavy atom. The lowest BCUT2D eigenvalue weighted by Crippen LogP contribution is -2.70. The molecule has 28 heavy (non-hydrogen) atoms. The van der Waals surface area contributed by atoms with Gasteiger partial charge in [-0.05, 0) is 19.4 Å². The minimum Gasteiger partial charge on any atom is -0.460 e. The normalized spacial score (nSPS) is 25.7. The molecule has 1 aromatic rings. The van der Waals surface area contributed by atoms with Gasteiger partial charge in [0.05, 0.1) is 6.42 Å². The quantitative estimate of drug-likeness (QED) is 0.411. The van der Waals surface area contributed by atoms with E-state index in [1.165, 1.54) is 16.7 Å². The van der Waals surface area contributed by atoms with E-state index in [1.807, 2.05) is 44.2 Å². The van der Waals surface area contributed by atoms with E-state index in [9.17, 15) is 14.4 Å². The maximum Gasteiger partial charge on any atom is 0.330 e. The third kappa shape index (κ3) is 4.53. The van der Waals surface area contributed by atoms with Crippen LogP contribution < -0.4 is 5.32 Å².